The van der Waals surface area contributed by atoms with Crippen molar-refractivity contribution in [3.63, 3.8) is 0 Å². The molecule has 0 aliphatic rings. The van der Waals surface area contributed by atoms with Gasteiger partial charge in [-0.05, 0) is 47.7 Å². The maximum absolute atomic E-state index is 13.0. The third kappa shape index (κ3) is 5.40. The molecular weight excluding hydrogens is 400 g/mol. The number of carbonyl (C=O) groups excluding carboxylic acids is 1. The SMILES string of the molecule is CNS(=O)(=O)c1cc(C(=O)NC(c2ccc(C(C)(C)C)cc2)C(C)C)ccc1OC. The van der Waals surface area contributed by atoms with Gasteiger partial charge in [0, 0.05) is 5.56 Å². The summed E-state index contributed by atoms with van der Waals surface area (Å²) in [5.41, 5.74) is 2.52. The number of ether oxygens (including phenoxy) is 1. The number of methoxy groups -OCH3 is 1. The van der Waals surface area contributed by atoms with Crippen LogP contribution in [0.2, 0.25) is 0 Å². The lowest BCUT2D eigenvalue weighted by atomic mass is 9.85. The van der Waals surface area contributed by atoms with E-state index in [-0.39, 0.29) is 39.5 Å². The molecule has 2 aromatic carbocycles. The fourth-order valence-electron chi connectivity index (χ4n) is 3.19. The molecule has 0 bridgehead atoms. The Labute approximate surface area is 180 Å². The van der Waals surface area contributed by atoms with Crippen molar-refractivity contribution in [1.29, 1.82) is 0 Å². The second kappa shape index (κ2) is 9.18. The normalized spacial score (nSPS) is 13.2. The Bertz CT molecular complexity index is 991. The second-order valence-electron chi connectivity index (χ2n) is 8.64. The van der Waals surface area contributed by atoms with Crippen molar-refractivity contribution in [3.8, 4) is 5.75 Å². The Morgan fingerprint density at radius 3 is 2.10 bits per heavy atom. The van der Waals surface area contributed by atoms with Gasteiger partial charge in [0.05, 0.1) is 13.2 Å². The topological polar surface area (TPSA) is 84.5 Å². The molecule has 6 nitrogen and oxygen atoms in total. The average molecular weight is 433 g/mol. The summed E-state index contributed by atoms with van der Waals surface area (Å²) in [4.78, 5) is 12.9. The third-order valence-electron chi connectivity index (χ3n) is 5.07. The highest BCUT2D eigenvalue weighted by molar-refractivity contribution is 7.89. The van der Waals surface area contributed by atoms with Gasteiger partial charge in [0.1, 0.15) is 10.6 Å². The molecule has 7 heteroatoms. The van der Waals surface area contributed by atoms with Gasteiger partial charge in [0.2, 0.25) is 10.0 Å². The highest BCUT2D eigenvalue weighted by atomic mass is 32.2. The van der Waals surface area contributed by atoms with Gasteiger partial charge < -0.3 is 10.1 Å². The van der Waals surface area contributed by atoms with Crippen molar-refractivity contribution >= 4 is 15.9 Å². The summed E-state index contributed by atoms with van der Waals surface area (Å²) in [7, 11) is -1.06. The molecular formula is C23H32N2O4S. The van der Waals surface area contributed by atoms with Gasteiger partial charge in [0.25, 0.3) is 5.91 Å². The van der Waals surface area contributed by atoms with Crippen LogP contribution >= 0.6 is 0 Å². The van der Waals surface area contributed by atoms with E-state index in [9.17, 15) is 13.2 Å². The van der Waals surface area contributed by atoms with Gasteiger partial charge in [-0.1, -0.05) is 58.9 Å². The molecule has 0 saturated heterocycles. The smallest absolute Gasteiger partial charge is 0.251 e. The summed E-state index contributed by atoms with van der Waals surface area (Å²) in [5, 5.41) is 3.05. The standard InChI is InChI=1S/C23H32N2O4S/c1-15(2)21(16-8-11-18(12-9-16)23(3,4)5)25-22(26)17-10-13-19(29-7)20(14-17)30(27,28)24-6/h8-15,21,24H,1-7H3,(H,25,26). The Morgan fingerprint density at radius 1 is 1.03 bits per heavy atom. The van der Waals surface area contributed by atoms with E-state index in [0.717, 1.165) is 5.56 Å². The van der Waals surface area contributed by atoms with Crippen molar-refractivity contribution in [2.45, 2.75) is 51.0 Å². The van der Waals surface area contributed by atoms with Crippen LogP contribution in [0, 0.1) is 5.92 Å². The second-order valence-corrected chi connectivity index (χ2v) is 10.5. The van der Waals surface area contributed by atoms with Gasteiger partial charge in [0.15, 0.2) is 0 Å². The minimum Gasteiger partial charge on any atom is -0.495 e. The quantitative estimate of drug-likeness (QED) is 0.692. The van der Waals surface area contributed by atoms with Crippen molar-refractivity contribution < 1.29 is 17.9 Å². The fraction of sp³-hybridized carbons (Fsp3) is 0.435. The lowest BCUT2D eigenvalue weighted by Gasteiger charge is -2.25. The van der Waals surface area contributed by atoms with E-state index < -0.39 is 10.0 Å². The minimum atomic E-state index is -3.77. The molecule has 164 valence electrons. The number of hydrogen-bond acceptors (Lipinski definition) is 4. The first-order valence-electron chi connectivity index (χ1n) is 9.93. The third-order valence-corrected chi connectivity index (χ3v) is 6.51. The molecule has 0 saturated carbocycles. The highest BCUT2D eigenvalue weighted by Crippen LogP contribution is 2.28. The predicted octanol–water partition coefficient (Wildman–Crippen LogP) is 4.03. The fourth-order valence-corrected chi connectivity index (χ4v) is 4.11. The number of benzene rings is 2. The van der Waals surface area contributed by atoms with Crippen LogP contribution in [-0.4, -0.2) is 28.5 Å². The zero-order valence-corrected chi connectivity index (χ0v) is 19.6. The molecule has 0 spiro atoms. The van der Waals surface area contributed by atoms with Gasteiger partial charge in [-0.15, -0.1) is 0 Å². The monoisotopic (exact) mass is 432 g/mol. The first-order valence-corrected chi connectivity index (χ1v) is 11.4. The molecule has 2 aromatic rings. The summed E-state index contributed by atoms with van der Waals surface area (Å²) in [6, 6.07) is 12.4. The number of rotatable bonds is 7. The first kappa shape index (κ1) is 23.9. The summed E-state index contributed by atoms with van der Waals surface area (Å²) in [5.74, 6) is -0.0175. The number of carbonyl (C=O) groups is 1. The van der Waals surface area contributed by atoms with Crippen LogP contribution in [0.1, 0.15) is 62.1 Å². The molecule has 0 aliphatic carbocycles. The van der Waals surface area contributed by atoms with E-state index >= 15 is 0 Å². The molecule has 0 aromatic heterocycles. The van der Waals surface area contributed by atoms with Gasteiger partial charge in [-0.3, -0.25) is 4.79 Å². The van der Waals surface area contributed by atoms with Crippen LogP contribution in [0.3, 0.4) is 0 Å². The number of amides is 1. The number of nitrogens with one attached hydrogen (secondary N) is 2. The molecule has 1 unspecified atom stereocenters. The molecule has 0 heterocycles. The largest absolute Gasteiger partial charge is 0.495 e. The van der Waals surface area contributed by atoms with Gasteiger partial charge in [-0.25, -0.2) is 13.1 Å². The molecule has 1 atom stereocenters. The van der Waals surface area contributed by atoms with E-state index in [2.05, 4.69) is 42.9 Å². The van der Waals surface area contributed by atoms with E-state index in [4.69, 9.17) is 4.74 Å². The van der Waals surface area contributed by atoms with E-state index in [1.165, 1.54) is 31.9 Å². The van der Waals surface area contributed by atoms with E-state index in [1.807, 2.05) is 26.0 Å². The molecule has 2 N–H and O–H groups in total. The molecule has 2 rings (SSSR count). The Kier molecular flexibility index (Phi) is 7.31. The highest BCUT2D eigenvalue weighted by Gasteiger charge is 2.23. The summed E-state index contributed by atoms with van der Waals surface area (Å²) < 4.78 is 32.0. The summed E-state index contributed by atoms with van der Waals surface area (Å²) in [6.45, 7) is 10.5. The maximum atomic E-state index is 13.0. The van der Waals surface area contributed by atoms with Crippen LogP contribution in [0.25, 0.3) is 0 Å². The molecule has 0 aliphatic heterocycles. The number of sulfonamides is 1. The Hall–Kier alpha value is -2.38. The zero-order valence-electron chi connectivity index (χ0n) is 18.7. The summed E-state index contributed by atoms with van der Waals surface area (Å²) in [6.07, 6.45) is 0. The van der Waals surface area contributed by atoms with Gasteiger partial charge in [-0.2, -0.15) is 0 Å². The van der Waals surface area contributed by atoms with Crippen molar-refractivity contribution in [3.05, 3.63) is 59.2 Å². The van der Waals surface area contributed by atoms with Crippen LogP contribution in [0.4, 0.5) is 0 Å². The van der Waals surface area contributed by atoms with E-state index in [1.54, 1.807) is 6.07 Å². The van der Waals surface area contributed by atoms with E-state index in [0.29, 0.717) is 0 Å². The zero-order chi connectivity index (χ0) is 22.7. The van der Waals surface area contributed by atoms with Crippen LogP contribution in [-0.2, 0) is 15.4 Å². The summed E-state index contributed by atoms with van der Waals surface area (Å²) >= 11 is 0. The minimum absolute atomic E-state index is 0.0490. The molecule has 0 fully saturated rings. The molecule has 1 amide bonds. The lowest BCUT2D eigenvalue weighted by Crippen LogP contribution is -2.32. The first-order chi connectivity index (χ1) is 13.9. The van der Waals surface area contributed by atoms with Crippen molar-refractivity contribution in [2.24, 2.45) is 5.92 Å². The Morgan fingerprint density at radius 2 is 1.63 bits per heavy atom. The predicted molar refractivity (Wildman–Crippen MR) is 119 cm³/mol. The number of hydrogen-bond donors (Lipinski definition) is 2. The maximum Gasteiger partial charge on any atom is 0.251 e. The van der Waals surface area contributed by atoms with Crippen molar-refractivity contribution in [2.75, 3.05) is 14.2 Å². The van der Waals surface area contributed by atoms with Crippen LogP contribution in [0.15, 0.2) is 47.4 Å². The van der Waals surface area contributed by atoms with Gasteiger partial charge >= 0.3 is 0 Å². The molecule has 30 heavy (non-hydrogen) atoms. The van der Waals surface area contributed by atoms with Crippen molar-refractivity contribution in [1.82, 2.24) is 10.0 Å². The molecule has 0 radical (unpaired) electrons. The average Bonchev–Trinajstić information content (AvgIpc) is 2.70. The Balaban J connectivity index is 2.35. The van der Waals surface area contributed by atoms with Crippen LogP contribution in [0.5, 0.6) is 5.75 Å². The van der Waals surface area contributed by atoms with Crippen LogP contribution < -0.4 is 14.8 Å². The lowest BCUT2D eigenvalue weighted by molar-refractivity contribution is 0.0925.